The summed E-state index contributed by atoms with van der Waals surface area (Å²) in [5.41, 5.74) is 2.50. The molecule has 116 valence electrons. The van der Waals surface area contributed by atoms with Gasteiger partial charge in [0.2, 0.25) is 0 Å². The molecule has 0 saturated carbocycles. The monoisotopic (exact) mass is 308 g/mol. The lowest BCUT2D eigenvalue weighted by Crippen LogP contribution is -2.43. The number of anilines is 1. The van der Waals surface area contributed by atoms with E-state index < -0.39 is 0 Å². The van der Waals surface area contributed by atoms with E-state index in [0.717, 1.165) is 31.2 Å². The van der Waals surface area contributed by atoms with Crippen molar-refractivity contribution in [3.63, 3.8) is 0 Å². The third-order valence-electron chi connectivity index (χ3n) is 4.33. The molecule has 2 fully saturated rings. The first-order valence-corrected chi connectivity index (χ1v) is 8.40. The van der Waals surface area contributed by atoms with E-state index in [2.05, 4.69) is 36.2 Å². The van der Waals surface area contributed by atoms with Crippen molar-refractivity contribution in [3.8, 4) is 0 Å². The summed E-state index contributed by atoms with van der Waals surface area (Å²) in [5, 5.41) is 4.38. The predicted molar refractivity (Wildman–Crippen MR) is 88.1 cm³/mol. The van der Waals surface area contributed by atoms with Crippen molar-refractivity contribution < 1.29 is 4.74 Å². The summed E-state index contributed by atoms with van der Waals surface area (Å²) in [7, 11) is 0. The highest BCUT2D eigenvalue weighted by atomic mass is 35.5. The van der Waals surface area contributed by atoms with Gasteiger partial charge >= 0.3 is 0 Å². The molecule has 2 aliphatic heterocycles. The minimum Gasteiger partial charge on any atom is -0.371 e. The van der Waals surface area contributed by atoms with Crippen LogP contribution in [0.3, 0.4) is 0 Å². The van der Waals surface area contributed by atoms with Gasteiger partial charge in [-0.15, -0.1) is 0 Å². The predicted octanol–water partition coefficient (Wildman–Crippen LogP) is 3.45. The lowest BCUT2D eigenvalue weighted by atomic mass is 10.1. The van der Waals surface area contributed by atoms with Gasteiger partial charge in [-0.2, -0.15) is 0 Å². The molecule has 2 bridgehead atoms. The van der Waals surface area contributed by atoms with Crippen molar-refractivity contribution in [1.29, 1.82) is 0 Å². The van der Waals surface area contributed by atoms with E-state index >= 15 is 0 Å². The molecule has 0 radical (unpaired) electrons. The standard InChI is InChI=1S/C17H25ClN2O/c1-12(2)8-19-9-15-16(18)4-3-5-17(15)20-10-13-6-7-14(11-20)21-13/h3-5,12-14,19H,6-11H2,1-2H3. The topological polar surface area (TPSA) is 24.5 Å². The number of rotatable bonds is 5. The van der Waals surface area contributed by atoms with Crippen LogP contribution in [-0.2, 0) is 11.3 Å². The van der Waals surface area contributed by atoms with Gasteiger partial charge in [0.15, 0.2) is 0 Å². The Hall–Kier alpha value is -0.770. The summed E-state index contributed by atoms with van der Waals surface area (Å²) in [6.45, 7) is 8.28. The van der Waals surface area contributed by atoms with Crippen LogP contribution in [0.15, 0.2) is 18.2 Å². The fourth-order valence-electron chi connectivity index (χ4n) is 3.32. The van der Waals surface area contributed by atoms with Gasteiger partial charge in [-0.3, -0.25) is 0 Å². The molecule has 2 saturated heterocycles. The molecule has 3 nitrogen and oxygen atoms in total. The average Bonchev–Trinajstić information content (AvgIpc) is 2.79. The Labute approximate surface area is 132 Å². The smallest absolute Gasteiger partial charge is 0.0755 e. The van der Waals surface area contributed by atoms with Gasteiger partial charge in [0.1, 0.15) is 0 Å². The Balaban J connectivity index is 1.76. The second kappa shape index (κ2) is 6.55. The van der Waals surface area contributed by atoms with E-state index in [-0.39, 0.29) is 0 Å². The van der Waals surface area contributed by atoms with Crippen LogP contribution in [0.1, 0.15) is 32.3 Å². The largest absolute Gasteiger partial charge is 0.371 e. The lowest BCUT2D eigenvalue weighted by molar-refractivity contribution is 0.0304. The van der Waals surface area contributed by atoms with Crippen LogP contribution in [0.5, 0.6) is 0 Å². The quantitative estimate of drug-likeness (QED) is 0.901. The lowest BCUT2D eigenvalue weighted by Gasteiger charge is -2.35. The Morgan fingerprint density at radius 2 is 2.00 bits per heavy atom. The van der Waals surface area contributed by atoms with E-state index in [4.69, 9.17) is 16.3 Å². The number of ether oxygens (including phenoxy) is 1. The van der Waals surface area contributed by atoms with E-state index in [1.807, 2.05) is 6.07 Å². The highest BCUT2D eigenvalue weighted by molar-refractivity contribution is 6.31. The van der Waals surface area contributed by atoms with E-state index in [0.29, 0.717) is 18.1 Å². The second-order valence-corrected chi connectivity index (χ2v) is 7.03. The minimum atomic E-state index is 0.402. The highest BCUT2D eigenvalue weighted by Gasteiger charge is 2.34. The molecule has 1 aromatic carbocycles. The summed E-state index contributed by atoms with van der Waals surface area (Å²) in [4.78, 5) is 2.46. The summed E-state index contributed by atoms with van der Waals surface area (Å²) in [6.07, 6.45) is 3.20. The van der Waals surface area contributed by atoms with Gasteiger partial charge in [-0.05, 0) is 37.4 Å². The van der Waals surface area contributed by atoms with Crippen molar-refractivity contribution in [1.82, 2.24) is 5.32 Å². The molecular formula is C17H25ClN2O. The Bertz CT molecular complexity index is 480. The number of halogens is 1. The van der Waals surface area contributed by atoms with Crippen molar-refractivity contribution in [2.45, 2.75) is 45.4 Å². The summed E-state index contributed by atoms with van der Waals surface area (Å²) >= 11 is 6.45. The molecular weight excluding hydrogens is 284 g/mol. The fourth-order valence-corrected chi connectivity index (χ4v) is 3.55. The van der Waals surface area contributed by atoms with Crippen LogP contribution in [0.2, 0.25) is 5.02 Å². The number of hydrogen-bond donors (Lipinski definition) is 1. The summed E-state index contributed by atoms with van der Waals surface area (Å²) < 4.78 is 5.94. The molecule has 2 atom stereocenters. The molecule has 2 aliphatic rings. The molecule has 21 heavy (non-hydrogen) atoms. The normalized spacial score (nSPS) is 24.9. The molecule has 1 N–H and O–H groups in total. The maximum Gasteiger partial charge on any atom is 0.0755 e. The molecule has 1 aromatic rings. The fraction of sp³-hybridized carbons (Fsp3) is 0.647. The van der Waals surface area contributed by atoms with Crippen LogP contribution in [0.25, 0.3) is 0 Å². The average molecular weight is 309 g/mol. The third kappa shape index (κ3) is 3.53. The summed E-state index contributed by atoms with van der Waals surface area (Å²) in [6, 6.07) is 6.25. The number of hydrogen-bond acceptors (Lipinski definition) is 3. The Morgan fingerprint density at radius 3 is 2.67 bits per heavy atom. The number of benzene rings is 1. The van der Waals surface area contributed by atoms with Gasteiger partial charge in [-0.25, -0.2) is 0 Å². The van der Waals surface area contributed by atoms with E-state index in [1.165, 1.54) is 24.1 Å². The minimum absolute atomic E-state index is 0.402. The molecule has 2 heterocycles. The van der Waals surface area contributed by atoms with Crippen LogP contribution >= 0.6 is 11.6 Å². The van der Waals surface area contributed by atoms with Gasteiger partial charge < -0.3 is 15.0 Å². The van der Waals surface area contributed by atoms with Crippen molar-refractivity contribution >= 4 is 17.3 Å². The maximum atomic E-state index is 6.45. The third-order valence-corrected chi connectivity index (χ3v) is 4.69. The number of fused-ring (bicyclic) bond motifs is 2. The van der Waals surface area contributed by atoms with Gasteiger partial charge in [0.05, 0.1) is 12.2 Å². The SMILES string of the molecule is CC(C)CNCc1c(Cl)cccc1N1CC2CCC(C1)O2. The van der Waals surface area contributed by atoms with Crippen LogP contribution < -0.4 is 10.2 Å². The Morgan fingerprint density at radius 1 is 1.29 bits per heavy atom. The molecule has 0 spiro atoms. The summed E-state index contributed by atoms with van der Waals surface area (Å²) in [5.74, 6) is 0.648. The molecule has 3 rings (SSSR count). The van der Waals surface area contributed by atoms with Gasteiger partial charge in [-0.1, -0.05) is 31.5 Å². The maximum absolute atomic E-state index is 6.45. The molecule has 0 amide bonds. The van der Waals surface area contributed by atoms with Crippen molar-refractivity contribution in [3.05, 3.63) is 28.8 Å². The number of nitrogens with one attached hydrogen (secondary N) is 1. The molecule has 2 unspecified atom stereocenters. The molecule has 0 aromatic heterocycles. The van der Waals surface area contributed by atoms with E-state index in [1.54, 1.807) is 0 Å². The van der Waals surface area contributed by atoms with Gasteiger partial charge in [0.25, 0.3) is 0 Å². The van der Waals surface area contributed by atoms with Crippen molar-refractivity contribution in [2.75, 3.05) is 24.5 Å². The zero-order chi connectivity index (χ0) is 14.8. The molecule has 0 aliphatic carbocycles. The molecule has 4 heteroatoms. The van der Waals surface area contributed by atoms with Crippen LogP contribution in [0.4, 0.5) is 5.69 Å². The zero-order valence-corrected chi connectivity index (χ0v) is 13.7. The first-order valence-electron chi connectivity index (χ1n) is 8.02. The number of morpholine rings is 1. The van der Waals surface area contributed by atoms with E-state index in [9.17, 15) is 0 Å². The Kier molecular flexibility index (Phi) is 4.72. The highest BCUT2D eigenvalue weighted by Crippen LogP contribution is 2.33. The first kappa shape index (κ1) is 15.1. The number of nitrogens with zero attached hydrogens (tertiary/aromatic N) is 1. The second-order valence-electron chi connectivity index (χ2n) is 6.62. The first-order chi connectivity index (χ1) is 10.1. The zero-order valence-electron chi connectivity index (χ0n) is 12.9. The van der Waals surface area contributed by atoms with Crippen molar-refractivity contribution in [2.24, 2.45) is 5.92 Å². The van der Waals surface area contributed by atoms with Crippen LogP contribution in [-0.4, -0.2) is 31.8 Å². The van der Waals surface area contributed by atoms with Crippen LogP contribution in [0, 0.1) is 5.92 Å². The van der Waals surface area contributed by atoms with Gasteiger partial charge in [0, 0.05) is 35.9 Å².